The average molecular weight is 309 g/mol. The number of nitro groups is 1. The zero-order valence-corrected chi connectivity index (χ0v) is 12.1. The van der Waals surface area contributed by atoms with Crippen molar-refractivity contribution in [2.45, 2.75) is 12.3 Å². The molecule has 1 atom stereocenters. The first kappa shape index (κ1) is 17.3. The van der Waals surface area contributed by atoms with Gasteiger partial charge in [-0.2, -0.15) is 0 Å². The van der Waals surface area contributed by atoms with Crippen LogP contribution in [-0.2, 0) is 23.9 Å². The fourth-order valence-corrected chi connectivity index (χ4v) is 2.12. The molecule has 0 bridgehead atoms. The number of nitrogens with zero attached hydrogens (tertiary/aromatic N) is 1. The molecule has 0 saturated heterocycles. The van der Waals surface area contributed by atoms with Crippen molar-refractivity contribution in [2.24, 2.45) is 5.92 Å². The molecule has 0 heterocycles. The number of esters is 2. The van der Waals surface area contributed by atoms with E-state index in [1.807, 2.05) is 0 Å². The minimum absolute atomic E-state index is 0.184. The van der Waals surface area contributed by atoms with E-state index in [0.717, 1.165) is 14.2 Å². The first-order chi connectivity index (χ1) is 10.5. The molecule has 0 radical (unpaired) electrons. The molecule has 0 spiro atoms. The van der Waals surface area contributed by atoms with Gasteiger partial charge in [-0.3, -0.25) is 19.7 Å². The topological polar surface area (TPSA) is 113 Å². The number of hydrogen-bond donors (Lipinski definition) is 0. The van der Waals surface area contributed by atoms with Gasteiger partial charge in [-0.15, -0.1) is 0 Å². The first-order valence-electron chi connectivity index (χ1n) is 6.29. The van der Waals surface area contributed by atoms with Crippen LogP contribution in [0.5, 0.6) is 0 Å². The molecule has 0 unspecified atom stereocenters. The van der Waals surface area contributed by atoms with E-state index in [1.165, 1.54) is 24.3 Å². The van der Waals surface area contributed by atoms with Crippen LogP contribution in [0.25, 0.3) is 0 Å². The lowest BCUT2D eigenvalue weighted by molar-refractivity contribution is -0.384. The van der Waals surface area contributed by atoms with Gasteiger partial charge in [0.15, 0.2) is 5.92 Å². The van der Waals surface area contributed by atoms with Crippen LogP contribution in [0, 0.1) is 16.0 Å². The van der Waals surface area contributed by atoms with Gasteiger partial charge in [-0.25, -0.2) is 0 Å². The zero-order valence-electron chi connectivity index (χ0n) is 12.1. The largest absolute Gasteiger partial charge is 0.468 e. The van der Waals surface area contributed by atoms with E-state index in [1.54, 1.807) is 0 Å². The minimum Gasteiger partial charge on any atom is -0.468 e. The fraction of sp³-hybridized carbons (Fsp3) is 0.357. The maximum atomic E-state index is 11.8. The summed E-state index contributed by atoms with van der Waals surface area (Å²) in [6.07, 6.45) is 0.346. The van der Waals surface area contributed by atoms with Gasteiger partial charge in [0.05, 0.1) is 19.1 Å². The maximum absolute atomic E-state index is 11.8. The maximum Gasteiger partial charge on any atom is 0.320 e. The lowest BCUT2D eigenvalue weighted by atomic mass is 9.83. The molecular formula is C14H15NO7. The second-order valence-electron chi connectivity index (χ2n) is 4.38. The van der Waals surface area contributed by atoms with Crippen molar-refractivity contribution in [1.82, 2.24) is 0 Å². The van der Waals surface area contributed by atoms with Crippen LogP contribution in [0.1, 0.15) is 17.9 Å². The number of carbonyl (C=O) groups is 3. The molecule has 118 valence electrons. The molecule has 8 heteroatoms. The molecule has 1 aromatic rings. The van der Waals surface area contributed by atoms with Gasteiger partial charge in [0, 0.05) is 24.5 Å². The highest BCUT2D eigenvalue weighted by molar-refractivity contribution is 5.96. The van der Waals surface area contributed by atoms with Crippen LogP contribution in [-0.4, -0.2) is 37.4 Å². The number of carbonyl (C=O) groups excluding carboxylic acids is 3. The third-order valence-electron chi connectivity index (χ3n) is 3.17. The molecule has 22 heavy (non-hydrogen) atoms. The molecule has 1 aromatic carbocycles. The van der Waals surface area contributed by atoms with E-state index < -0.39 is 28.7 Å². The molecule has 0 amide bonds. The van der Waals surface area contributed by atoms with Crippen LogP contribution in [0.3, 0.4) is 0 Å². The normalized spacial score (nSPS) is 11.6. The second kappa shape index (κ2) is 7.87. The van der Waals surface area contributed by atoms with Crippen molar-refractivity contribution in [3.63, 3.8) is 0 Å². The summed E-state index contributed by atoms with van der Waals surface area (Å²) in [6, 6.07) is 5.40. The van der Waals surface area contributed by atoms with E-state index in [4.69, 9.17) is 0 Å². The Morgan fingerprint density at radius 2 is 1.86 bits per heavy atom. The van der Waals surface area contributed by atoms with E-state index in [9.17, 15) is 24.5 Å². The summed E-state index contributed by atoms with van der Waals surface area (Å²) in [5.41, 5.74) is 0.101. The number of hydrogen-bond acceptors (Lipinski definition) is 7. The van der Waals surface area contributed by atoms with Crippen molar-refractivity contribution in [2.75, 3.05) is 14.2 Å². The van der Waals surface area contributed by atoms with Crippen molar-refractivity contribution < 1.29 is 28.8 Å². The van der Waals surface area contributed by atoms with E-state index >= 15 is 0 Å². The van der Waals surface area contributed by atoms with Gasteiger partial charge in [-0.05, 0) is 5.56 Å². The van der Waals surface area contributed by atoms with E-state index in [0.29, 0.717) is 11.8 Å². The lowest BCUT2D eigenvalue weighted by Gasteiger charge is -2.21. The summed E-state index contributed by atoms with van der Waals surface area (Å²) in [7, 11) is 2.20. The molecular weight excluding hydrogens is 294 g/mol. The first-order valence-corrected chi connectivity index (χ1v) is 6.29. The van der Waals surface area contributed by atoms with Crippen LogP contribution < -0.4 is 0 Å². The fourth-order valence-electron chi connectivity index (χ4n) is 2.12. The highest BCUT2D eigenvalue weighted by Crippen LogP contribution is 2.31. The summed E-state index contributed by atoms with van der Waals surface area (Å²) in [5.74, 6) is -4.02. The summed E-state index contributed by atoms with van der Waals surface area (Å²) in [4.78, 5) is 44.8. The van der Waals surface area contributed by atoms with E-state index in [-0.39, 0.29) is 12.1 Å². The Bertz CT molecular complexity index is 568. The standard InChI is InChI=1S/C14H15NO7/c1-21-13(17)12(14(18)22-2)11(6-7-16)9-4-3-5-10(8-9)15(19)20/h3-5,7-8,11-12H,6H2,1-2H3/t11-/m1/s1. The summed E-state index contributed by atoms with van der Waals surface area (Å²) < 4.78 is 9.14. The Kier molecular flexibility index (Phi) is 6.18. The minimum atomic E-state index is -1.37. The predicted molar refractivity (Wildman–Crippen MR) is 74.0 cm³/mol. The molecule has 0 aliphatic rings. The quantitative estimate of drug-likeness (QED) is 0.245. The molecule has 0 fully saturated rings. The number of rotatable bonds is 7. The Balaban J connectivity index is 3.32. The highest BCUT2D eigenvalue weighted by Gasteiger charge is 2.38. The third kappa shape index (κ3) is 3.87. The third-order valence-corrected chi connectivity index (χ3v) is 3.17. The lowest BCUT2D eigenvalue weighted by Crippen LogP contribution is -2.32. The SMILES string of the molecule is COC(=O)C(C(=O)OC)[C@H](CC=O)c1cccc([N+](=O)[O-])c1. The average Bonchev–Trinajstić information content (AvgIpc) is 2.53. The second-order valence-corrected chi connectivity index (χ2v) is 4.38. The number of benzene rings is 1. The van der Waals surface area contributed by atoms with Gasteiger partial charge in [0.1, 0.15) is 6.29 Å². The van der Waals surface area contributed by atoms with Crippen molar-refractivity contribution >= 4 is 23.9 Å². The summed E-state index contributed by atoms with van der Waals surface area (Å²) in [5, 5.41) is 10.8. The zero-order chi connectivity index (χ0) is 16.7. The van der Waals surface area contributed by atoms with Crippen LogP contribution in [0.15, 0.2) is 24.3 Å². The molecule has 8 nitrogen and oxygen atoms in total. The highest BCUT2D eigenvalue weighted by atomic mass is 16.6. The molecule has 0 saturated carbocycles. The van der Waals surface area contributed by atoms with Crippen LogP contribution in [0.2, 0.25) is 0 Å². The van der Waals surface area contributed by atoms with Gasteiger partial charge >= 0.3 is 11.9 Å². The number of aldehydes is 1. The number of methoxy groups -OCH3 is 2. The Labute approximate surface area is 126 Å². The van der Waals surface area contributed by atoms with Crippen molar-refractivity contribution in [1.29, 1.82) is 0 Å². The molecule has 0 N–H and O–H groups in total. The van der Waals surface area contributed by atoms with Crippen molar-refractivity contribution in [3.05, 3.63) is 39.9 Å². The van der Waals surface area contributed by atoms with Crippen LogP contribution >= 0.6 is 0 Å². The molecule has 0 aromatic heterocycles. The molecule has 0 aliphatic heterocycles. The Hall–Kier alpha value is -2.77. The molecule has 0 aliphatic carbocycles. The smallest absolute Gasteiger partial charge is 0.320 e. The van der Waals surface area contributed by atoms with Crippen LogP contribution in [0.4, 0.5) is 5.69 Å². The summed E-state index contributed by atoms with van der Waals surface area (Å²) in [6.45, 7) is 0. The Morgan fingerprint density at radius 1 is 1.27 bits per heavy atom. The predicted octanol–water partition coefficient (Wildman–Crippen LogP) is 1.23. The number of non-ortho nitro benzene ring substituents is 1. The van der Waals surface area contributed by atoms with E-state index in [2.05, 4.69) is 9.47 Å². The Morgan fingerprint density at radius 3 is 2.32 bits per heavy atom. The van der Waals surface area contributed by atoms with Crippen molar-refractivity contribution in [3.8, 4) is 0 Å². The van der Waals surface area contributed by atoms with Gasteiger partial charge in [-0.1, -0.05) is 12.1 Å². The van der Waals surface area contributed by atoms with Gasteiger partial charge < -0.3 is 14.3 Å². The monoisotopic (exact) mass is 309 g/mol. The number of nitro benzene ring substituents is 1. The molecule has 1 rings (SSSR count). The van der Waals surface area contributed by atoms with Gasteiger partial charge in [0.25, 0.3) is 5.69 Å². The summed E-state index contributed by atoms with van der Waals surface area (Å²) >= 11 is 0. The number of ether oxygens (including phenoxy) is 2. The van der Waals surface area contributed by atoms with Gasteiger partial charge in [0.2, 0.25) is 0 Å².